The number of nitrogens with two attached hydrogens (primary N) is 1. The van der Waals surface area contributed by atoms with Gasteiger partial charge >= 0.3 is 0 Å². The molecule has 3 N–H and O–H groups in total. The minimum absolute atomic E-state index is 0.120. The maximum atomic E-state index is 11.9. The Labute approximate surface area is 118 Å². The Kier molecular flexibility index (Phi) is 5.99. The largest absolute Gasteiger partial charge is 0.492 e. The molecule has 1 aromatic carbocycles. The standard InChI is InChI=1S/C14H21N3O3/c1-4-20-12-9-10(14(19)17(2)3)5-6-11(12)16-13(18)7-8-15/h5-6,9H,4,7-8,15H2,1-3H3,(H,16,18). The Bertz CT molecular complexity index is 487. The second kappa shape index (κ2) is 7.49. The molecule has 0 aliphatic rings. The van der Waals surface area contributed by atoms with E-state index in [4.69, 9.17) is 10.5 Å². The van der Waals surface area contributed by atoms with Gasteiger partial charge in [0.2, 0.25) is 5.91 Å². The Morgan fingerprint density at radius 1 is 1.35 bits per heavy atom. The van der Waals surface area contributed by atoms with Crippen molar-refractivity contribution in [1.82, 2.24) is 4.90 Å². The number of carbonyl (C=O) groups excluding carboxylic acids is 2. The topological polar surface area (TPSA) is 84.7 Å². The molecule has 0 fully saturated rings. The molecular formula is C14H21N3O3. The zero-order chi connectivity index (χ0) is 15.1. The number of hydrogen-bond acceptors (Lipinski definition) is 4. The van der Waals surface area contributed by atoms with Gasteiger partial charge in [-0.1, -0.05) is 0 Å². The van der Waals surface area contributed by atoms with E-state index in [0.717, 1.165) is 0 Å². The molecule has 0 saturated carbocycles. The van der Waals surface area contributed by atoms with Crippen LogP contribution in [0, 0.1) is 0 Å². The Balaban J connectivity index is 3.01. The third kappa shape index (κ3) is 4.24. The third-order valence-electron chi connectivity index (χ3n) is 2.58. The molecule has 0 spiro atoms. The highest BCUT2D eigenvalue weighted by molar-refractivity contribution is 5.97. The average Bonchev–Trinajstić information content (AvgIpc) is 2.40. The van der Waals surface area contributed by atoms with Crippen molar-refractivity contribution < 1.29 is 14.3 Å². The van der Waals surface area contributed by atoms with E-state index in [1.807, 2.05) is 6.92 Å². The van der Waals surface area contributed by atoms with Gasteiger partial charge < -0.3 is 20.7 Å². The average molecular weight is 279 g/mol. The number of rotatable bonds is 6. The highest BCUT2D eigenvalue weighted by atomic mass is 16.5. The molecule has 1 aromatic rings. The fraction of sp³-hybridized carbons (Fsp3) is 0.429. The molecule has 0 aromatic heterocycles. The normalized spacial score (nSPS) is 10.0. The van der Waals surface area contributed by atoms with Crippen molar-refractivity contribution in [2.45, 2.75) is 13.3 Å². The molecule has 0 radical (unpaired) electrons. The first kappa shape index (κ1) is 16.0. The number of nitrogens with zero attached hydrogens (tertiary/aromatic N) is 1. The number of ether oxygens (including phenoxy) is 1. The van der Waals surface area contributed by atoms with Crippen molar-refractivity contribution in [3.63, 3.8) is 0 Å². The summed E-state index contributed by atoms with van der Waals surface area (Å²) < 4.78 is 5.47. The minimum Gasteiger partial charge on any atom is -0.492 e. The van der Waals surface area contributed by atoms with Gasteiger partial charge in [-0.3, -0.25) is 9.59 Å². The summed E-state index contributed by atoms with van der Waals surface area (Å²) in [5, 5.41) is 2.72. The van der Waals surface area contributed by atoms with Gasteiger partial charge in [-0.25, -0.2) is 0 Å². The van der Waals surface area contributed by atoms with Gasteiger partial charge in [-0.05, 0) is 25.1 Å². The summed E-state index contributed by atoms with van der Waals surface area (Å²) in [6, 6.07) is 4.95. The lowest BCUT2D eigenvalue weighted by Crippen LogP contribution is -2.22. The number of hydrogen-bond donors (Lipinski definition) is 2. The molecule has 6 heteroatoms. The van der Waals surface area contributed by atoms with Crippen LogP contribution in [0.25, 0.3) is 0 Å². The number of benzene rings is 1. The maximum absolute atomic E-state index is 11.9. The monoisotopic (exact) mass is 279 g/mol. The molecule has 110 valence electrons. The number of anilines is 1. The van der Waals surface area contributed by atoms with Crippen molar-refractivity contribution >= 4 is 17.5 Å². The third-order valence-corrected chi connectivity index (χ3v) is 2.58. The molecule has 0 saturated heterocycles. The van der Waals surface area contributed by atoms with Crippen LogP contribution in [-0.4, -0.2) is 44.0 Å². The van der Waals surface area contributed by atoms with Crippen LogP contribution in [0.1, 0.15) is 23.7 Å². The van der Waals surface area contributed by atoms with Crippen LogP contribution in [0.2, 0.25) is 0 Å². The van der Waals surface area contributed by atoms with Crippen LogP contribution in [0.15, 0.2) is 18.2 Å². The first-order chi connectivity index (χ1) is 9.49. The summed E-state index contributed by atoms with van der Waals surface area (Å²) in [5.41, 5.74) is 6.39. The van der Waals surface area contributed by atoms with E-state index in [-0.39, 0.29) is 24.8 Å². The van der Waals surface area contributed by atoms with Gasteiger partial charge in [0.15, 0.2) is 0 Å². The van der Waals surface area contributed by atoms with Crippen molar-refractivity contribution in [3.8, 4) is 5.75 Å². The van der Waals surface area contributed by atoms with E-state index in [1.54, 1.807) is 32.3 Å². The highest BCUT2D eigenvalue weighted by Crippen LogP contribution is 2.26. The van der Waals surface area contributed by atoms with Crippen LogP contribution in [0.4, 0.5) is 5.69 Å². The molecule has 0 aliphatic carbocycles. The van der Waals surface area contributed by atoms with Gasteiger partial charge in [0.25, 0.3) is 5.91 Å². The number of carbonyl (C=O) groups is 2. The zero-order valence-corrected chi connectivity index (χ0v) is 12.1. The Morgan fingerprint density at radius 2 is 2.05 bits per heavy atom. The Morgan fingerprint density at radius 3 is 2.60 bits per heavy atom. The van der Waals surface area contributed by atoms with E-state index >= 15 is 0 Å². The predicted octanol–water partition coefficient (Wildman–Crippen LogP) is 1.07. The van der Waals surface area contributed by atoms with E-state index < -0.39 is 0 Å². The summed E-state index contributed by atoms with van der Waals surface area (Å²) in [4.78, 5) is 25.0. The highest BCUT2D eigenvalue weighted by Gasteiger charge is 2.13. The Hall–Kier alpha value is -2.08. The summed E-state index contributed by atoms with van der Waals surface area (Å²) in [6.07, 6.45) is 0.240. The maximum Gasteiger partial charge on any atom is 0.253 e. The molecule has 1 rings (SSSR count). The van der Waals surface area contributed by atoms with Gasteiger partial charge in [0.1, 0.15) is 5.75 Å². The lowest BCUT2D eigenvalue weighted by Gasteiger charge is -2.15. The van der Waals surface area contributed by atoms with Crippen molar-refractivity contribution in [3.05, 3.63) is 23.8 Å². The molecular weight excluding hydrogens is 258 g/mol. The minimum atomic E-state index is -0.180. The lowest BCUT2D eigenvalue weighted by molar-refractivity contribution is -0.116. The first-order valence-corrected chi connectivity index (χ1v) is 6.48. The van der Waals surface area contributed by atoms with Crippen molar-refractivity contribution in [2.24, 2.45) is 5.73 Å². The molecule has 20 heavy (non-hydrogen) atoms. The predicted molar refractivity (Wildman–Crippen MR) is 77.9 cm³/mol. The van der Waals surface area contributed by atoms with Crippen LogP contribution in [0.3, 0.4) is 0 Å². The van der Waals surface area contributed by atoms with Crippen molar-refractivity contribution in [2.75, 3.05) is 32.6 Å². The van der Waals surface area contributed by atoms with E-state index in [2.05, 4.69) is 5.32 Å². The van der Waals surface area contributed by atoms with Gasteiger partial charge in [0, 0.05) is 32.6 Å². The van der Waals surface area contributed by atoms with Crippen molar-refractivity contribution in [1.29, 1.82) is 0 Å². The molecule has 6 nitrogen and oxygen atoms in total. The first-order valence-electron chi connectivity index (χ1n) is 6.48. The second-order valence-corrected chi connectivity index (χ2v) is 4.43. The smallest absolute Gasteiger partial charge is 0.253 e. The van der Waals surface area contributed by atoms with E-state index in [9.17, 15) is 9.59 Å². The molecule has 2 amide bonds. The zero-order valence-electron chi connectivity index (χ0n) is 12.1. The second-order valence-electron chi connectivity index (χ2n) is 4.43. The lowest BCUT2D eigenvalue weighted by atomic mass is 10.1. The summed E-state index contributed by atoms with van der Waals surface area (Å²) >= 11 is 0. The molecule has 0 atom stereocenters. The van der Waals surface area contributed by atoms with E-state index in [0.29, 0.717) is 23.6 Å². The SMILES string of the molecule is CCOc1cc(C(=O)N(C)C)ccc1NC(=O)CCN. The quantitative estimate of drug-likeness (QED) is 0.816. The van der Waals surface area contributed by atoms with Gasteiger partial charge in [-0.15, -0.1) is 0 Å². The van der Waals surface area contributed by atoms with Crippen LogP contribution >= 0.6 is 0 Å². The molecule has 0 unspecified atom stereocenters. The number of nitrogens with one attached hydrogen (secondary N) is 1. The number of amides is 2. The fourth-order valence-electron chi connectivity index (χ4n) is 1.64. The summed E-state index contributed by atoms with van der Waals surface area (Å²) in [7, 11) is 3.36. The van der Waals surface area contributed by atoms with Crippen LogP contribution < -0.4 is 15.8 Å². The summed E-state index contributed by atoms with van der Waals surface area (Å²) in [6.45, 7) is 2.57. The molecule has 0 bridgehead atoms. The molecule has 0 heterocycles. The van der Waals surface area contributed by atoms with E-state index in [1.165, 1.54) is 4.90 Å². The van der Waals surface area contributed by atoms with Crippen LogP contribution in [-0.2, 0) is 4.79 Å². The molecule has 0 aliphatic heterocycles. The van der Waals surface area contributed by atoms with Crippen LogP contribution in [0.5, 0.6) is 5.75 Å². The van der Waals surface area contributed by atoms with Gasteiger partial charge in [-0.2, -0.15) is 0 Å². The fourth-order valence-corrected chi connectivity index (χ4v) is 1.64. The summed E-state index contributed by atoms with van der Waals surface area (Å²) in [5.74, 6) is 0.177. The van der Waals surface area contributed by atoms with Gasteiger partial charge in [0.05, 0.1) is 12.3 Å².